The molecule has 0 saturated carbocycles. The molecule has 0 aliphatic carbocycles. The normalized spacial score (nSPS) is 11.4. The van der Waals surface area contributed by atoms with Crippen LogP contribution in [0, 0.1) is 0 Å². The van der Waals surface area contributed by atoms with Crippen molar-refractivity contribution >= 4 is 33.0 Å². The molecule has 1 amide bonds. The summed E-state index contributed by atoms with van der Waals surface area (Å²) in [6.07, 6.45) is 3.85. The zero-order chi connectivity index (χ0) is 18.6. The Morgan fingerprint density at radius 3 is 2.62 bits per heavy atom. The summed E-state index contributed by atoms with van der Waals surface area (Å²) < 4.78 is 28.8. The number of sulfonamides is 1. The first kappa shape index (κ1) is 18.3. The van der Waals surface area contributed by atoms with Gasteiger partial charge in [-0.05, 0) is 42.1 Å². The van der Waals surface area contributed by atoms with Gasteiger partial charge in [-0.25, -0.2) is 13.1 Å². The fraction of sp³-hybridized carbons (Fsp3) is 0.176. The second-order valence-electron chi connectivity index (χ2n) is 5.61. The molecule has 2 aromatic heterocycles. The Morgan fingerprint density at radius 1 is 1.23 bits per heavy atom. The molecule has 0 spiro atoms. The maximum absolute atomic E-state index is 12.3. The van der Waals surface area contributed by atoms with Gasteiger partial charge < -0.3 is 5.32 Å². The maximum atomic E-state index is 12.3. The topological polar surface area (TPSA) is 93.1 Å². The van der Waals surface area contributed by atoms with E-state index in [0.717, 1.165) is 4.88 Å². The van der Waals surface area contributed by atoms with E-state index < -0.39 is 10.0 Å². The van der Waals surface area contributed by atoms with E-state index in [0.29, 0.717) is 24.2 Å². The van der Waals surface area contributed by atoms with Gasteiger partial charge in [-0.1, -0.05) is 6.07 Å². The predicted molar refractivity (Wildman–Crippen MR) is 101 cm³/mol. The van der Waals surface area contributed by atoms with Crippen LogP contribution < -0.4 is 10.0 Å². The van der Waals surface area contributed by atoms with Crippen molar-refractivity contribution in [3.05, 3.63) is 64.6 Å². The van der Waals surface area contributed by atoms with Gasteiger partial charge >= 0.3 is 0 Å². The first-order valence-electron chi connectivity index (χ1n) is 7.86. The van der Waals surface area contributed by atoms with E-state index in [1.54, 1.807) is 29.3 Å². The van der Waals surface area contributed by atoms with Crippen molar-refractivity contribution in [2.75, 3.05) is 11.9 Å². The molecule has 0 aliphatic heterocycles. The molecule has 3 aromatic rings. The third kappa shape index (κ3) is 4.57. The summed E-state index contributed by atoms with van der Waals surface area (Å²) in [7, 11) is -1.85. The van der Waals surface area contributed by atoms with E-state index in [4.69, 9.17) is 0 Å². The first-order valence-corrected chi connectivity index (χ1v) is 10.2. The van der Waals surface area contributed by atoms with Crippen LogP contribution in [0.25, 0.3) is 0 Å². The van der Waals surface area contributed by atoms with E-state index in [1.807, 2.05) is 17.5 Å². The largest absolute Gasteiger partial charge is 0.319 e. The number of hydrogen-bond acceptors (Lipinski definition) is 5. The monoisotopic (exact) mass is 390 g/mol. The number of rotatable bonds is 7. The van der Waals surface area contributed by atoms with Crippen LogP contribution in [0.5, 0.6) is 0 Å². The second-order valence-corrected chi connectivity index (χ2v) is 8.41. The van der Waals surface area contributed by atoms with E-state index in [1.165, 1.54) is 30.5 Å². The van der Waals surface area contributed by atoms with Gasteiger partial charge in [-0.15, -0.1) is 11.3 Å². The molecule has 0 radical (unpaired) electrons. The summed E-state index contributed by atoms with van der Waals surface area (Å²) in [5.74, 6) is -0.326. The lowest BCUT2D eigenvalue weighted by Gasteiger charge is -2.07. The fourth-order valence-electron chi connectivity index (χ4n) is 2.32. The fourth-order valence-corrected chi connectivity index (χ4v) is 4.06. The predicted octanol–water partition coefficient (Wildman–Crippen LogP) is 2.25. The van der Waals surface area contributed by atoms with Gasteiger partial charge in [-0.2, -0.15) is 5.10 Å². The van der Waals surface area contributed by atoms with Gasteiger partial charge in [0.1, 0.15) is 0 Å². The van der Waals surface area contributed by atoms with Crippen LogP contribution in [0.4, 0.5) is 5.69 Å². The van der Waals surface area contributed by atoms with E-state index >= 15 is 0 Å². The Labute approximate surface area is 155 Å². The molecule has 2 N–H and O–H groups in total. The summed E-state index contributed by atoms with van der Waals surface area (Å²) in [4.78, 5) is 13.4. The minimum atomic E-state index is -3.60. The zero-order valence-corrected chi connectivity index (χ0v) is 15.7. The summed E-state index contributed by atoms with van der Waals surface area (Å²) in [6, 6.07) is 9.72. The summed E-state index contributed by atoms with van der Waals surface area (Å²) >= 11 is 1.59. The van der Waals surface area contributed by atoms with Gasteiger partial charge in [0.2, 0.25) is 10.0 Å². The molecular weight excluding hydrogens is 372 g/mol. The van der Waals surface area contributed by atoms with E-state index in [2.05, 4.69) is 15.1 Å². The van der Waals surface area contributed by atoms with Gasteiger partial charge in [-0.3, -0.25) is 9.48 Å². The third-order valence-corrected chi connectivity index (χ3v) is 6.05. The van der Waals surface area contributed by atoms with Crippen LogP contribution in [0.3, 0.4) is 0 Å². The van der Waals surface area contributed by atoms with Crippen LogP contribution in [0.1, 0.15) is 15.2 Å². The molecule has 7 nitrogen and oxygen atoms in total. The number of carbonyl (C=O) groups excluding carboxylic acids is 1. The van der Waals surface area contributed by atoms with Crippen molar-refractivity contribution in [1.29, 1.82) is 0 Å². The molecule has 0 saturated heterocycles. The molecule has 2 heterocycles. The number of nitrogens with zero attached hydrogens (tertiary/aromatic N) is 2. The highest BCUT2D eigenvalue weighted by Gasteiger charge is 2.15. The smallest absolute Gasteiger partial charge is 0.255 e. The van der Waals surface area contributed by atoms with Gasteiger partial charge in [0.25, 0.3) is 5.91 Å². The second kappa shape index (κ2) is 7.81. The molecule has 26 heavy (non-hydrogen) atoms. The van der Waals surface area contributed by atoms with Crippen molar-refractivity contribution in [1.82, 2.24) is 14.5 Å². The van der Waals surface area contributed by atoms with Crippen LogP contribution in [0.15, 0.2) is 59.1 Å². The maximum Gasteiger partial charge on any atom is 0.255 e. The minimum Gasteiger partial charge on any atom is -0.319 e. The molecule has 0 unspecified atom stereocenters. The highest BCUT2D eigenvalue weighted by molar-refractivity contribution is 7.89. The number of amides is 1. The molecule has 3 rings (SSSR count). The Kier molecular flexibility index (Phi) is 5.50. The highest BCUT2D eigenvalue weighted by atomic mass is 32.2. The Morgan fingerprint density at radius 2 is 2.00 bits per heavy atom. The van der Waals surface area contributed by atoms with Crippen LogP contribution in [0.2, 0.25) is 0 Å². The van der Waals surface area contributed by atoms with Gasteiger partial charge in [0.15, 0.2) is 0 Å². The van der Waals surface area contributed by atoms with Crippen molar-refractivity contribution in [2.45, 2.75) is 11.3 Å². The number of anilines is 1. The van der Waals surface area contributed by atoms with Crippen molar-refractivity contribution < 1.29 is 13.2 Å². The third-order valence-electron chi connectivity index (χ3n) is 3.63. The average molecular weight is 390 g/mol. The van der Waals surface area contributed by atoms with Gasteiger partial charge in [0.05, 0.1) is 16.8 Å². The highest BCUT2D eigenvalue weighted by Crippen LogP contribution is 2.13. The SMILES string of the molecule is Cn1cc(NC(=O)c2ccc(S(=O)(=O)NCCc3cccs3)cc2)cn1. The molecule has 136 valence electrons. The molecule has 1 aromatic carbocycles. The number of benzene rings is 1. The molecule has 0 bridgehead atoms. The lowest BCUT2D eigenvalue weighted by molar-refractivity contribution is 0.102. The Bertz CT molecular complexity index is 977. The quantitative estimate of drug-likeness (QED) is 0.647. The number of carbonyl (C=O) groups is 1. The standard InChI is InChI=1S/C17H18N4O3S2/c1-21-12-14(11-18-21)20-17(22)13-4-6-16(7-5-13)26(23,24)19-9-8-15-3-2-10-25-15/h2-7,10-12,19H,8-9H2,1H3,(H,20,22). The number of hydrogen-bond donors (Lipinski definition) is 2. The van der Waals surface area contributed by atoms with Gasteiger partial charge in [0, 0.05) is 30.2 Å². The number of aryl methyl sites for hydroxylation is 1. The van der Waals surface area contributed by atoms with Crippen molar-refractivity contribution in [2.24, 2.45) is 7.05 Å². The van der Waals surface area contributed by atoms with Crippen molar-refractivity contribution in [3.8, 4) is 0 Å². The average Bonchev–Trinajstić information content (AvgIpc) is 3.27. The first-order chi connectivity index (χ1) is 12.4. The summed E-state index contributed by atoms with van der Waals surface area (Å²) in [5, 5.41) is 8.63. The summed E-state index contributed by atoms with van der Waals surface area (Å²) in [6.45, 7) is 0.325. The van der Waals surface area contributed by atoms with Crippen LogP contribution >= 0.6 is 11.3 Å². The van der Waals surface area contributed by atoms with E-state index in [9.17, 15) is 13.2 Å². The van der Waals surface area contributed by atoms with Crippen molar-refractivity contribution in [3.63, 3.8) is 0 Å². The number of nitrogens with one attached hydrogen (secondary N) is 2. The lowest BCUT2D eigenvalue weighted by atomic mass is 10.2. The zero-order valence-electron chi connectivity index (χ0n) is 14.0. The number of aromatic nitrogens is 2. The molecular formula is C17H18N4O3S2. The lowest BCUT2D eigenvalue weighted by Crippen LogP contribution is -2.26. The molecule has 0 atom stereocenters. The Hall–Kier alpha value is -2.49. The van der Waals surface area contributed by atoms with Crippen LogP contribution in [-0.4, -0.2) is 30.7 Å². The van der Waals surface area contributed by atoms with Crippen LogP contribution in [-0.2, 0) is 23.5 Å². The Balaban J connectivity index is 1.61. The number of thiophene rings is 1. The summed E-state index contributed by atoms with van der Waals surface area (Å²) in [5.41, 5.74) is 0.941. The molecule has 9 heteroatoms. The molecule has 0 aliphatic rings. The molecule has 0 fully saturated rings. The minimum absolute atomic E-state index is 0.126. The van der Waals surface area contributed by atoms with E-state index in [-0.39, 0.29) is 10.8 Å².